The Morgan fingerprint density at radius 1 is 0.852 bits per heavy atom. The quantitative estimate of drug-likeness (QED) is 0.655. The molecule has 5 heteroatoms. The lowest BCUT2D eigenvalue weighted by atomic mass is 9.86. The first-order chi connectivity index (χ1) is 13.2. The van der Waals surface area contributed by atoms with Crippen LogP contribution in [-0.4, -0.2) is 40.6 Å². The lowest BCUT2D eigenvalue weighted by molar-refractivity contribution is 0.473. The Morgan fingerprint density at radius 2 is 1.52 bits per heavy atom. The third kappa shape index (κ3) is 5.07. The third-order valence-corrected chi connectivity index (χ3v) is 4.24. The molecular formula is C22H22N4O. The molecule has 5 nitrogen and oxygen atoms in total. The number of pyridine rings is 2. The molecule has 2 aromatic heterocycles. The van der Waals surface area contributed by atoms with Crippen LogP contribution in [0.4, 0.5) is 0 Å². The highest BCUT2D eigenvalue weighted by atomic mass is 16.3. The number of hydrogen-bond donors (Lipinski definition) is 1. The number of aromatic hydroxyl groups is 1. The topological polar surface area (TPSA) is 70.7 Å². The second-order valence-corrected chi connectivity index (χ2v) is 6.53. The Balaban J connectivity index is 1.78. The summed E-state index contributed by atoms with van der Waals surface area (Å²) in [5, 5.41) is 9.89. The summed E-state index contributed by atoms with van der Waals surface area (Å²) in [6, 6.07) is 18.7. The number of phenols is 1. The van der Waals surface area contributed by atoms with Gasteiger partial charge >= 0.3 is 0 Å². The molecule has 0 saturated heterocycles. The van der Waals surface area contributed by atoms with Crippen LogP contribution < -0.4 is 0 Å². The molecule has 0 saturated carbocycles. The van der Waals surface area contributed by atoms with Crippen LogP contribution in [-0.2, 0) is 5.41 Å². The molecule has 0 spiro atoms. The van der Waals surface area contributed by atoms with Gasteiger partial charge in [0.15, 0.2) is 0 Å². The first-order valence-electron chi connectivity index (χ1n) is 8.78. The molecule has 0 aliphatic rings. The maximum atomic E-state index is 9.89. The van der Waals surface area contributed by atoms with Gasteiger partial charge in [-0.3, -0.25) is 20.0 Å². The lowest BCUT2D eigenvalue weighted by Gasteiger charge is -2.25. The summed E-state index contributed by atoms with van der Waals surface area (Å²) >= 11 is 0. The van der Waals surface area contributed by atoms with E-state index in [0.29, 0.717) is 18.7 Å². The number of phenolic OH excluding ortho intramolecular Hbond substituents is 1. The Bertz CT molecular complexity index is 910. The van der Waals surface area contributed by atoms with Crippen LogP contribution in [0.2, 0.25) is 0 Å². The Morgan fingerprint density at radius 3 is 2.19 bits per heavy atom. The van der Waals surface area contributed by atoms with Gasteiger partial charge in [-0.25, -0.2) is 0 Å². The van der Waals surface area contributed by atoms with E-state index in [-0.39, 0.29) is 11.2 Å². The van der Waals surface area contributed by atoms with Gasteiger partial charge in [-0.15, -0.1) is 0 Å². The summed E-state index contributed by atoms with van der Waals surface area (Å²) in [5.41, 5.74) is 2.07. The van der Waals surface area contributed by atoms with Crippen molar-refractivity contribution in [2.24, 2.45) is 9.98 Å². The number of benzene rings is 1. The average Bonchev–Trinajstić information content (AvgIpc) is 2.71. The predicted octanol–water partition coefficient (Wildman–Crippen LogP) is 3.68. The molecule has 1 N–H and O–H groups in total. The number of aromatic nitrogens is 2. The normalized spacial score (nSPS) is 13.8. The fourth-order valence-electron chi connectivity index (χ4n) is 2.67. The number of rotatable bonds is 7. The molecule has 0 radical (unpaired) electrons. The minimum atomic E-state index is -0.368. The van der Waals surface area contributed by atoms with E-state index < -0.39 is 0 Å². The van der Waals surface area contributed by atoms with Gasteiger partial charge in [0.05, 0.1) is 18.8 Å². The maximum absolute atomic E-state index is 9.89. The summed E-state index contributed by atoms with van der Waals surface area (Å²) in [7, 11) is 0. The third-order valence-electron chi connectivity index (χ3n) is 4.24. The minimum absolute atomic E-state index is 0.217. The van der Waals surface area contributed by atoms with Gasteiger partial charge in [0, 0.05) is 41.5 Å². The van der Waals surface area contributed by atoms with Crippen molar-refractivity contribution < 1.29 is 5.11 Å². The van der Waals surface area contributed by atoms with Crippen LogP contribution in [0.25, 0.3) is 0 Å². The zero-order chi connectivity index (χ0) is 19.0. The van der Waals surface area contributed by atoms with Crippen molar-refractivity contribution in [1.82, 2.24) is 9.97 Å². The van der Waals surface area contributed by atoms with Crippen LogP contribution in [0.3, 0.4) is 0 Å². The van der Waals surface area contributed by atoms with Gasteiger partial charge < -0.3 is 5.11 Å². The molecule has 1 aromatic carbocycles. The number of nitrogens with zero attached hydrogens (tertiary/aromatic N) is 4. The number of hydrogen-bond acceptors (Lipinski definition) is 5. The van der Waals surface area contributed by atoms with Gasteiger partial charge in [-0.1, -0.05) is 31.2 Å². The molecule has 0 bridgehead atoms. The van der Waals surface area contributed by atoms with Crippen LogP contribution >= 0.6 is 0 Å². The van der Waals surface area contributed by atoms with E-state index >= 15 is 0 Å². The fourth-order valence-corrected chi connectivity index (χ4v) is 2.67. The second-order valence-electron chi connectivity index (χ2n) is 6.53. The largest absolute Gasteiger partial charge is 0.507 e. The van der Waals surface area contributed by atoms with Crippen molar-refractivity contribution >= 4 is 12.4 Å². The molecule has 3 rings (SSSR count). The molecule has 0 aliphatic carbocycles. The molecule has 0 aliphatic heterocycles. The van der Waals surface area contributed by atoms with Crippen LogP contribution in [0, 0.1) is 0 Å². The predicted molar refractivity (Wildman–Crippen MR) is 109 cm³/mol. The van der Waals surface area contributed by atoms with Crippen molar-refractivity contribution in [2.75, 3.05) is 13.1 Å². The monoisotopic (exact) mass is 358 g/mol. The van der Waals surface area contributed by atoms with E-state index in [2.05, 4.69) is 26.9 Å². The molecule has 27 heavy (non-hydrogen) atoms. The van der Waals surface area contributed by atoms with Crippen LogP contribution in [0.5, 0.6) is 5.75 Å². The van der Waals surface area contributed by atoms with Crippen molar-refractivity contribution in [3.05, 3.63) is 90.0 Å². The smallest absolute Gasteiger partial charge is 0.124 e. The van der Waals surface area contributed by atoms with E-state index in [1.54, 1.807) is 37.0 Å². The SMILES string of the molecule is C[C@](CN=Cc1ccccn1)(CN=Cc1ccccc1O)c1ccccn1. The molecular weight excluding hydrogens is 336 g/mol. The second kappa shape index (κ2) is 8.85. The summed E-state index contributed by atoms with van der Waals surface area (Å²) in [4.78, 5) is 17.9. The highest BCUT2D eigenvalue weighted by Gasteiger charge is 2.27. The van der Waals surface area contributed by atoms with E-state index in [9.17, 15) is 5.11 Å². The maximum Gasteiger partial charge on any atom is 0.124 e. The van der Waals surface area contributed by atoms with E-state index in [0.717, 1.165) is 11.4 Å². The molecule has 0 unspecified atom stereocenters. The summed E-state index contributed by atoms with van der Waals surface area (Å²) in [6.45, 7) is 3.11. The zero-order valence-electron chi connectivity index (χ0n) is 15.2. The molecule has 2 heterocycles. The molecule has 0 amide bonds. The summed E-state index contributed by atoms with van der Waals surface area (Å²) in [6.07, 6.45) is 6.99. The summed E-state index contributed by atoms with van der Waals surface area (Å²) < 4.78 is 0. The minimum Gasteiger partial charge on any atom is -0.507 e. The van der Waals surface area contributed by atoms with Gasteiger partial charge in [0.25, 0.3) is 0 Å². The highest BCUT2D eigenvalue weighted by molar-refractivity contribution is 5.83. The number of para-hydroxylation sites is 1. The van der Waals surface area contributed by atoms with Crippen LogP contribution in [0.15, 0.2) is 83.0 Å². The Kier molecular flexibility index (Phi) is 6.05. The van der Waals surface area contributed by atoms with E-state index in [1.165, 1.54) is 0 Å². The van der Waals surface area contributed by atoms with Crippen molar-refractivity contribution in [2.45, 2.75) is 12.3 Å². The van der Waals surface area contributed by atoms with Crippen molar-refractivity contribution in [3.8, 4) is 5.75 Å². The molecule has 0 fully saturated rings. The zero-order valence-corrected chi connectivity index (χ0v) is 15.2. The first kappa shape index (κ1) is 18.5. The van der Waals surface area contributed by atoms with Gasteiger partial charge in [-0.05, 0) is 36.4 Å². The highest BCUT2D eigenvalue weighted by Crippen LogP contribution is 2.23. The average molecular weight is 358 g/mol. The first-order valence-corrected chi connectivity index (χ1v) is 8.78. The lowest BCUT2D eigenvalue weighted by Crippen LogP contribution is -2.31. The fraction of sp³-hybridized carbons (Fsp3) is 0.182. The Hall–Kier alpha value is -3.34. The Labute approximate surface area is 159 Å². The standard InChI is InChI=1S/C22H22N4O/c1-22(21-11-5-7-13-26-21,17-24-15-19-9-4-6-12-25-19)16-23-14-18-8-2-3-10-20(18)27/h2-15,27H,16-17H2,1H3/t22-/m1/s1. The van der Waals surface area contributed by atoms with Gasteiger partial charge in [0.1, 0.15) is 5.75 Å². The van der Waals surface area contributed by atoms with Crippen LogP contribution in [0.1, 0.15) is 23.9 Å². The van der Waals surface area contributed by atoms with Gasteiger partial charge in [0.2, 0.25) is 0 Å². The molecule has 1 atom stereocenters. The molecule has 3 aromatic rings. The summed E-state index contributed by atoms with van der Waals surface area (Å²) in [5.74, 6) is 0.217. The van der Waals surface area contributed by atoms with Crippen molar-refractivity contribution in [1.29, 1.82) is 0 Å². The van der Waals surface area contributed by atoms with Gasteiger partial charge in [-0.2, -0.15) is 0 Å². The molecule has 136 valence electrons. The van der Waals surface area contributed by atoms with E-state index in [4.69, 9.17) is 0 Å². The van der Waals surface area contributed by atoms with Crippen molar-refractivity contribution in [3.63, 3.8) is 0 Å². The van der Waals surface area contributed by atoms with E-state index in [1.807, 2.05) is 48.5 Å². The number of aliphatic imine (C=N–C) groups is 2.